The molecule has 0 aliphatic rings. The van der Waals surface area contributed by atoms with Gasteiger partial charge in [0.15, 0.2) is 0 Å². The maximum absolute atomic E-state index is 11.5. The van der Waals surface area contributed by atoms with E-state index in [-0.39, 0.29) is 42.9 Å². The first-order valence-electron chi connectivity index (χ1n) is 9.48. The molecule has 0 saturated heterocycles. The first-order chi connectivity index (χ1) is 11.7. The smallest absolute Gasteiger partial charge is 0.221 e. The van der Waals surface area contributed by atoms with Crippen LogP contribution in [0.2, 0.25) is 0 Å². The molecule has 6 heteroatoms. The minimum atomic E-state index is -0.180. The average molecular weight is 358 g/mol. The molecule has 0 aliphatic heterocycles. The number of carbonyl (C=O) groups is 3. The molecule has 0 bridgehead atoms. The first-order valence-corrected chi connectivity index (χ1v) is 9.48. The normalized spacial score (nSPS) is 12.6. The molecule has 0 aromatic rings. The van der Waals surface area contributed by atoms with E-state index in [1.54, 1.807) is 0 Å². The molecule has 148 valence electrons. The van der Waals surface area contributed by atoms with Gasteiger partial charge in [-0.15, -0.1) is 0 Å². The van der Waals surface area contributed by atoms with E-state index in [0.29, 0.717) is 18.5 Å². The first kappa shape index (κ1) is 25.8. The second kappa shape index (κ2) is 16.1. The van der Waals surface area contributed by atoms with Crippen LogP contribution in [0.5, 0.6) is 0 Å². The van der Waals surface area contributed by atoms with Crippen LogP contribution in [0, 0.1) is 5.92 Å². The monoisotopic (exact) mass is 357 g/mol. The Hall–Kier alpha value is -1.43. The summed E-state index contributed by atoms with van der Waals surface area (Å²) in [5.74, 6) is 0.452. The van der Waals surface area contributed by atoms with E-state index in [9.17, 15) is 14.4 Å². The van der Waals surface area contributed by atoms with Crippen molar-refractivity contribution in [3.63, 3.8) is 0 Å². The molecule has 0 rings (SSSR count). The van der Waals surface area contributed by atoms with Gasteiger partial charge >= 0.3 is 0 Å². The van der Waals surface area contributed by atoms with Gasteiger partial charge < -0.3 is 21.2 Å². The Labute approximate surface area is 153 Å². The summed E-state index contributed by atoms with van der Waals surface area (Å²) >= 11 is 0. The fraction of sp³-hybridized carbons (Fsp3) is 0.842. The minimum Gasteiger partial charge on any atom is -0.356 e. The molecule has 0 spiro atoms. The highest BCUT2D eigenvalue weighted by atomic mass is 16.2. The summed E-state index contributed by atoms with van der Waals surface area (Å²) in [6.45, 7) is 12.2. The highest BCUT2D eigenvalue weighted by Crippen LogP contribution is 2.02. The van der Waals surface area contributed by atoms with Crippen LogP contribution in [0.25, 0.3) is 0 Å². The lowest BCUT2D eigenvalue weighted by Gasteiger charge is -2.14. The summed E-state index contributed by atoms with van der Waals surface area (Å²) < 4.78 is 0. The Bertz CT molecular complexity index is 380. The second-order valence-electron chi connectivity index (χ2n) is 6.63. The van der Waals surface area contributed by atoms with E-state index in [0.717, 1.165) is 12.8 Å². The van der Waals surface area contributed by atoms with Crippen molar-refractivity contribution in [2.24, 2.45) is 11.7 Å². The third-order valence-electron chi connectivity index (χ3n) is 4.27. The molecule has 0 radical (unpaired) electrons. The lowest BCUT2D eigenvalue weighted by molar-refractivity contribution is -0.125. The lowest BCUT2D eigenvalue weighted by Crippen LogP contribution is -2.36. The van der Waals surface area contributed by atoms with Crippen LogP contribution in [-0.2, 0) is 14.4 Å². The number of amides is 2. The zero-order chi connectivity index (χ0) is 19.8. The number of rotatable bonds is 11. The van der Waals surface area contributed by atoms with E-state index < -0.39 is 0 Å². The standard InChI is InChI=1S/C13H24N2O3.C6H15N/c1-4-11(5-2)15-13(18)8-9-14-12(17)7-6-10(3)16;1-4-5(2)6(3)7/h11H,4-9H2,1-3H3,(H,14,17)(H,15,18);5-6H,4,7H2,1-3H3. The van der Waals surface area contributed by atoms with Crippen molar-refractivity contribution >= 4 is 17.6 Å². The predicted molar refractivity (Wildman–Crippen MR) is 103 cm³/mol. The van der Waals surface area contributed by atoms with Crippen molar-refractivity contribution in [1.29, 1.82) is 0 Å². The Balaban J connectivity index is 0. The van der Waals surface area contributed by atoms with Gasteiger partial charge in [0.2, 0.25) is 11.8 Å². The number of ketones is 1. The zero-order valence-electron chi connectivity index (χ0n) is 17.0. The van der Waals surface area contributed by atoms with Crippen LogP contribution < -0.4 is 16.4 Å². The van der Waals surface area contributed by atoms with E-state index >= 15 is 0 Å². The van der Waals surface area contributed by atoms with Gasteiger partial charge in [-0.25, -0.2) is 0 Å². The molecule has 2 unspecified atom stereocenters. The Morgan fingerprint density at radius 2 is 1.44 bits per heavy atom. The Kier molecular flexibility index (Phi) is 16.6. The van der Waals surface area contributed by atoms with Crippen molar-refractivity contribution in [3.8, 4) is 0 Å². The molecule has 0 heterocycles. The molecule has 4 N–H and O–H groups in total. The van der Waals surface area contributed by atoms with Crippen LogP contribution in [0.4, 0.5) is 0 Å². The van der Waals surface area contributed by atoms with E-state index in [1.807, 2.05) is 20.8 Å². The molecular weight excluding hydrogens is 318 g/mol. The number of Topliss-reactive ketones (excluding diaryl/α,β-unsaturated/α-hetero) is 1. The van der Waals surface area contributed by atoms with Gasteiger partial charge in [0.1, 0.15) is 5.78 Å². The molecule has 2 amide bonds. The number of nitrogens with one attached hydrogen (secondary N) is 2. The van der Waals surface area contributed by atoms with Crippen molar-refractivity contribution in [1.82, 2.24) is 10.6 Å². The molecule has 0 saturated carbocycles. The molecule has 0 aromatic heterocycles. The van der Waals surface area contributed by atoms with Crippen LogP contribution in [0.3, 0.4) is 0 Å². The van der Waals surface area contributed by atoms with Gasteiger partial charge in [0.25, 0.3) is 0 Å². The highest BCUT2D eigenvalue weighted by molar-refractivity contribution is 5.84. The summed E-state index contributed by atoms with van der Waals surface area (Å²) in [6, 6.07) is 0.580. The van der Waals surface area contributed by atoms with Gasteiger partial charge in [-0.2, -0.15) is 0 Å². The summed E-state index contributed by atoms with van der Waals surface area (Å²) in [5, 5.41) is 5.52. The summed E-state index contributed by atoms with van der Waals surface area (Å²) in [4.78, 5) is 33.4. The van der Waals surface area contributed by atoms with Gasteiger partial charge in [0.05, 0.1) is 0 Å². The molecular formula is C19H39N3O3. The Morgan fingerprint density at radius 3 is 1.80 bits per heavy atom. The van der Waals surface area contributed by atoms with E-state index in [2.05, 4.69) is 24.5 Å². The molecule has 25 heavy (non-hydrogen) atoms. The van der Waals surface area contributed by atoms with Crippen molar-refractivity contribution in [2.45, 2.75) is 92.2 Å². The lowest BCUT2D eigenvalue weighted by atomic mass is 10.0. The minimum absolute atomic E-state index is 0.00312. The largest absolute Gasteiger partial charge is 0.356 e. The Morgan fingerprint density at radius 1 is 0.880 bits per heavy atom. The van der Waals surface area contributed by atoms with Crippen LogP contribution in [0.1, 0.15) is 80.1 Å². The van der Waals surface area contributed by atoms with Gasteiger partial charge in [-0.05, 0) is 32.6 Å². The quantitative estimate of drug-likeness (QED) is 0.529. The molecule has 6 nitrogen and oxygen atoms in total. The number of hydrogen-bond acceptors (Lipinski definition) is 4. The summed E-state index contributed by atoms with van der Waals surface area (Å²) in [7, 11) is 0. The van der Waals surface area contributed by atoms with Crippen LogP contribution in [-0.4, -0.2) is 36.2 Å². The fourth-order valence-electron chi connectivity index (χ4n) is 1.86. The SMILES string of the molecule is CCC(C)C(C)N.CCC(CC)NC(=O)CCNC(=O)CCC(C)=O. The number of carbonyl (C=O) groups excluding carboxylic acids is 3. The van der Waals surface area contributed by atoms with E-state index in [4.69, 9.17) is 5.73 Å². The van der Waals surface area contributed by atoms with Gasteiger partial charge in [-0.1, -0.05) is 34.1 Å². The van der Waals surface area contributed by atoms with Gasteiger partial charge in [0, 0.05) is 37.9 Å². The van der Waals surface area contributed by atoms with Gasteiger partial charge in [-0.3, -0.25) is 9.59 Å². The van der Waals surface area contributed by atoms with Crippen molar-refractivity contribution in [2.75, 3.05) is 6.54 Å². The predicted octanol–water partition coefficient (Wildman–Crippen LogP) is 2.55. The molecule has 0 fully saturated rings. The second-order valence-corrected chi connectivity index (χ2v) is 6.63. The topological polar surface area (TPSA) is 101 Å². The van der Waals surface area contributed by atoms with Crippen LogP contribution >= 0.6 is 0 Å². The maximum Gasteiger partial charge on any atom is 0.221 e. The molecule has 0 aromatic carbocycles. The van der Waals surface area contributed by atoms with Crippen molar-refractivity contribution in [3.05, 3.63) is 0 Å². The number of hydrogen-bond donors (Lipinski definition) is 3. The fourth-order valence-corrected chi connectivity index (χ4v) is 1.86. The summed E-state index contributed by atoms with van der Waals surface area (Å²) in [6.07, 6.45) is 3.75. The number of nitrogens with two attached hydrogens (primary N) is 1. The van der Waals surface area contributed by atoms with E-state index in [1.165, 1.54) is 13.3 Å². The summed E-state index contributed by atoms with van der Waals surface area (Å²) in [5.41, 5.74) is 5.55. The molecule has 2 atom stereocenters. The molecule has 0 aliphatic carbocycles. The van der Waals surface area contributed by atoms with Crippen LogP contribution in [0.15, 0.2) is 0 Å². The zero-order valence-corrected chi connectivity index (χ0v) is 17.0. The van der Waals surface area contributed by atoms with Crippen molar-refractivity contribution < 1.29 is 14.4 Å². The maximum atomic E-state index is 11.5. The average Bonchev–Trinajstić information content (AvgIpc) is 2.57. The third kappa shape index (κ3) is 17.2. The highest BCUT2D eigenvalue weighted by Gasteiger charge is 2.09. The third-order valence-corrected chi connectivity index (χ3v) is 4.27.